The highest BCUT2D eigenvalue weighted by molar-refractivity contribution is 5.94. The van der Waals surface area contributed by atoms with E-state index in [1.807, 2.05) is 16.8 Å². The lowest BCUT2D eigenvalue weighted by molar-refractivity contribution is -0.199. The molecule has 3 rings (SSSR count). The predicted octanol–water partition coefficient (Wildman–Crippen LogP) is 0.388. The number of carboxylic acids is 1. The van der Waals surface area contributed by atoms with Crippen LogP contribution in [0.2, 0.25) is 0 Å². The molecule has 0 bridgehead atoms. The van der Waals surface area contributed by atoms with Crippen LogP contribution in [0.15, 0.2) is 11.6 Å². The van der Waals surface area contributed by atoms with Gasteiger partial charge in [-0.2, -0.15) is 13.2 Å². The maximum atomic E-state index is 12.3. The lowest BCUT2D eigenvalue weighted by Crippen LogP contribution is -2.73. The fourth-order valence-electron chi connectivity index (χ4n) is 3.49. The Hall–Kier alpha value is -2.14. The summed E-state index contributed by atoms with van der Waals surface area (Å²) in [5.74, 6) is -2.61. The Bertz CT molecular complexity index is 659. The molecular formula is C17H24F3N3O5. The molecule has 2 N–H and O–H groups in total. The number of hydrogen-bond acceptors (Lipinski definition) is 5. The molecule has 0 aromatic rings. The molecule has 1 atom stereocenters. The van der Waals surface area contributed by atoms with Crippen molar-refractivity contribution in [3.8, 4) is 0 Å². The number of amides is 2. The van der Waals surface area contributed by atoms with Crippen LogP contribution in [0.25, 0.3) is 0 Å². The van der Waals surface area contributed by atoms with Gasteiger partial charge in [0.15, 0.2) is 0 Å². The number of carbonyl (C=O) groups excluding carboxylic acids is 2. The Labute approximate surface area is 160 Å². The Kier molecular flexibility index (Phi) is 6.71. The number of allylic oxidation sites excluding steroid dienone is 1. The number of nitrogens with one attached hydrogen (secondary N) is 1. The number of ether oxygens (including phenoxy) is 1. The molecule has 2 aliphatic heterocycles. The number of likely N-dealkylation sites (tertiary alicyclic amines) is 1. The summed E-state index contributed by atoms with van der Waals surface area (Å²) in [7, 11) is 3.58. The zero-order valence-corrected chi connectivity index (χ0v) is 15.7. The summed E-state index contributed by atoms with van der Waals surface area (Å²) >= 11 is 0. The summed E-state index contributed by atoms with van der Waals surface area (Å²) in [4.78, 5) is 36.8. The van der Waals surface area contributed by atoms with Crippen LogP contribution in [0.5, 0.6) is 0 Å². The number of alkyl halides is 3. The molecule has 1 spiro atoms. The third kappa shape index (κ3) is 5.02. The van der Waals surface area contributed by atoms with Gasteiger partial charge in [-0.25, -0.2) is 4.79 Å². The van der Waals surface area contributed by atoms with E-state index in [-0.39, 0.29) is 23.5 Å². The highest BCUT2D eigenvalue weighted by Gasteiger charge is 2.51. The Balaban J connectivity index is 0.000000345. The average molecular weight is 407 g/mol. The van der Waals surface area contributed by atoms with Crippen molar-refractivity contribution in [2.75, 3.05) is 40.3 Å². The van der Waals surface area contributed by atoms with E-state index in [1.54, 1.807) is 7.05 Å². The van der Waals surface area contributed by atoms with Crippen LogP contribution in [-0.2, 0) is 19.1 Å². The summed E-state index contributed by atoms with van der Waals surface area (Å²) in [6.45, 7) is 2.34. The Morgan fingerprint density at radius 1 is 1.29 bits per heavy atom. The minimum absolute atomic E-state index is 0.0179. The Morgan fingerprint density at radius 2 is 1.89 bits per heavy atom. The van der Waals surface area contributed by atoms with Crippen LogP contribution in [0, 0.1) is 0 Å². The first-order valence-electron chi connectivity index (χ1n) is 8.83. The third-order valence-electron chi connectivity index (χ3n) is 4.97. The van der Waals surface area contributed by atoms with Gasteiger partial charge in [0.05, 0.1) is 19.7 Å². The van der Waals surface area contributed by atoms with Gasteiger partial charge < -0.3 is 20.1 Å². The molecule has 2 saturated heterocycles. The number of likely N-dealkylation sites (N-methyl/N-ethyl adjacent to an activating group) is 2. The van der Waals surface area contributed by atoms with Gasteiger partial charge in [0.2, 0.25) is 11.8 Å². The van der Waals surface area contributed by atoms with Gasteiger partial charge >= 0.3 is 12.1 Å². The second-order valence-electron chi connectivity index (χ2n) is 7.12. The summed E-state index contributed by atoms with van der Waals surface area (Å²) in [5, 5.41) is 9.78. The maximum absolute atomic E-state index is 12.3. The molecule has 158 valence electrons. The zero-order chi connectivity index (χ0) is 21.1. The van der Waals surface area contributed by atoms with E-state index < -0.39 is 12.1 Å². The molecule has 3 aliphatic rings. The molecule has 1 unspecified atom stereocenters. The van der Waals surface area contributed by atoms with E-state index in [4.69, 9.17) is 14.6 Å². The molecule has 28 heavy (non-hydrogen) atoms. The minimum atomic E-state index is -5.08. The van der Waals surface area contributed by atoms with Gasteiger partial charge in [0, 0.05) is 19.2 Å². The number of carboxylic acid groups (broad SMARTS) is 1. The number of carbonyl (C=O) groups is 3. The van der Waals surface area contributed by atoms with Crippen molar-refractivity contribution in [3.63, 3.8) is 0 Å². The van der Waals surface area contributed by atoms with Crippen LogP contribution in [0.1, 0.15) is 19.3 Å². The van der Waals surface area contributed by atoms with Crippen molar-refractivity contribution in [2.24, 2.45) is 0 Å². The quantitative estimate of drug-likeness (QED) is 0.687. The second-order valence-corrected chi connectivity index (χ2v) is 7.12. The van der Waals surface area contributed by atoms with Crippen LogP contribution >= 0.6 is 0 Å². The van der Waals surface area contributed by atoms with Crippen molar-refractivity contribution in [1.82, 2.24) is 15.1 Å². The van der Waals surface area contributed by atoms with Gasteiger partial charge in [-0.3, -0.25) is 14.5 Å². The average Bonchev–Trinajstić information content (AvgIpc) is 3.12. The lowest BCUT2D eigenvalue weighted by atomic mass is 9.90. The maximum Gasteiger partial charge on any atom is 0.490 e. The molecule has 2 heterocycles. The van der Waals surface area contributed by atoms with Crippen LogP contribution in [0.3, 0.4) is 0 Å². The molecule has 0 saturated carbocycles. The second kappa shape index (κ2) is 8.48. The van der Waals surface area contributed by atoms with Crippen molar-refractivity contribution >= 4 is 17.8 Å². The first-order chi connectivity index (χ1) is 13.0. The number of nitrogens with zero attached hydrogens (tertiary/aromatic N) is 2. The topological polar surface area (TPSA) is 99.2 Å². The van der Waals surface area contributed by atoms with Gasteiger partial charge in [0.25, 0.3) is 0 Å². The molecule has 8 nitrogen and oxygen atoms in total. The monoisotopic (exact) mass is 407 g/mol. The first-order valence-corrected chi connectivity index (χ1v) is 8.83. The van der Waals surface area contributed by atoms with E-state index in [0.717, 1.165) is 24.8 Å². The van der Waals surface area contributed by atoms with Crippen LogP contribution in [-0.4, -0.2) is 90.8 Å². The Morgan fingerprint density at radius 3 is 2.32 bits per heavy atom. The van der Waals surface area contributed by atoms with Gasteiger partial charge in [-0.05, 0) is 26.3 Å². The van der Waals surface area contributed by atoms with Crippen LogP contribution in [0.4, 0.5) is 13.2 Å². The highest BCUT2D eigenvalue weighted by Crippen LogP contribution is 2.32. The molecule has 0 radical (unpaired) electrons. The molecule has 11 heteroatoms. The SMILES string of the molecule is CNC(=O)C1COC2(CN(C(=O)C3=CCCC3)C2)CN1C.O=C(O)C(F)(F)F. The van der Waals surface area contributed by atoms with E-state index in [1.165, 1.54) is 0 Å². The summed E-state index contributed by atoms with van der Waals surface area (Å²) in [6.07, 6.45) is -0.00909. The van der Waals surface area contributed by atoms with E-state index in [9.17, 15) is 22.8 Å². The number of hydrogen-bond donors (Lipinski definition) is 2. The molecule has 1 aliphatic carbocycles. The number of halogens is 3. The molecule has 0 aromatic carbocycles. The van der Waals surface area contributed by atoms with Crippen LogP contribution < -0.4 is 5.32 Å². The summed E-state index contributed by atoms with van der Waals surface area (Å²) in [6, 6.07) is -0.233. The van der Waals surface area contributed by atoms with Crippen molar-refractivity contribution < 1.29 is 37.4 Å². The number of aliphatic carboxylic acids is 1. The normalized spacial score (nSPS) is 24.0. The fourth-order valence-corrected chi connectivity index (χ4v) is 3.49. The van der Waals surface area contributed by atoms with Gasteiger partial charge in [-0.1, -0.05) is 6.08 Å². The first kappa shape index (κ1) is 22.2. The number of morpholine rings is 1. The molecule has 2 fully saturated rings. The molecule has 0 aromatic heterocycles. The van der Waals surface area contributed by atoms with Crippen molar-refractivity contribution in [2.45, 2.75) is 37.1 Å². The molecular weight excluding hydrogens is 383 g/mol. The number of rotatable bonds is 2. The smallest absolute Gasteiger partial charge is 0.475 e. The van der Waals surface area contributed by atoms with E-state index in [2.05, 4.69) is 11.4 Å². The zero-order valence-electron chi connectivity index (χ0n) is 15.7. The van der Waals surface area contributed by atoms with Gasteiger partial charge in [-0.15, -0.1) is 0 Å². The summed E-state index contributed by atoms with van der Waals surface area (Å²) in [5.41, 5.74) is 0.672. The predicted molar refractivity (Wildman–Crippen MR) is 91.4 cm³/mol. The highest BCUT2D eigenvalue weighted by atomic mass is 19.4. The van der Waals surface area contributed by atoms with E-state index >= 15 is 0 Å². The van der Waals surface area contributed by atoms with Crippen molar-refractivity contribution in [1.29, 1.82) is 0 Å². The summed E-state index contributed by atoms with van der Waals surface area (Å²) < 4.78 is 37.7. The standard InChI is InChI=1S/C15H23N3O3.C2HF3O2/c1-16-13(19)12-7-21-15(8-17(12)2)9-18(10-15)14(20)11-5-3-4-6-11;3-2(4,5)1(6)7/h5,12H,3-4,6-10H2,1-2H3,(H,16,19);(H,6,7). The van der Waals surface area contributed by atoms with Gasteiger partial charge in [0.1, 0.15) is 11.6 Å². The van der Waals surface area contributed by atoms with E-state index in [0.29, 0.717) is 26.2 Å². The molecule has 2 amide bonds. The minimum Gasteiger partial charge on any atom is -0.475 e. The lowest BCUT2D eigenvalue weighted by Gasteiger charge is -2.54. The van der Waals surface area contributed by atoms with Crippen molar-refractivity contribution in [3.05, 3.63) is 11.6 Å². The largest absolute Gasteiger partial charge is 0.490 e. The fraction of sp³-hybridized carbons (Fsp3) is 0.706. The third-order valence-corrected chi connectivity index (χ3v) is 4.97.